The van der Waals surface area contributed by atoms with E-state index in [1.165, 1.54) is 16.8 Å². The lowest BCUT2D eigenvalue weighted by Crippen LogP contribution is -2.40. The van der Waals surface area contributed by atoms with Crippen molar-refractivity contribution < 1.29 is 10.2 Å². The molecule has 2 rings (SSSR count). The summed E-state index contributed by atoms with van der Waals surface area (Å²) in [5.74, 6) is 0. The fraction of sp³-hybridized carbons (Fsp3) is 0.571. The fourth-order valence-electron chi connectivity index (χ4n) is 2.26. The highest BCUT2D eigenvalue weighted by atomic mass is 16.3. The molecule has 4 heteroatoms. The number of anilines is 1. The highest BCUT2D eigenvalue weighted by Gasteiger charge is 2.18. The van der Waals surface area contributed by atoms with Crippen LogP contribution in [0.3, 0.4) is 0 Å². The van der Waals surface area contributed by atoms with Gasteiger partial charge in [-0.05, 0) is 30.5 Å². The maximum Gasteiger partial charge on any atom is 0.0972 e. The molecule has 1 unspecified atom stereocenters. The van der Waals surface area contributed by atoms with E-state index in [0.717, 1.165) is 13.0 Å². The van der Waals surface area contributed by atoms with Crippen molar-refractivity contribution in [1.29, 1.82) is 0 Å². The number of benzene rings is 1. The molecule has 0 bridgehead atoms. The highest BCUT2D eigenvalue weighted by molar-refractivity contribution is 5.58. The van der Waals surface area contributed by atoms with Crippen molar-refractivity contribution in [1.82, 2.24) is 5.32 Å². The largest absolute Gasteiger partial charge is 0.393 e. The zero-order valence-corrected chi connectivity index (χ0v) is 11.1. The van der Waals surface area contributed by atoms with Crippen LogP contribution in [0.2, 0.25) is 0 Å². The first-order valence-electron chi connectivity index (χ1n) is 6.39. The molecule has 0 saturated heterocycles. The van der Waals surface area contributed by atoms with Crippen molar-refractivity contribution in [3.8, 4) is 0 Å². The van der Waals surface area contributed by atoms with Crippen LogP contribution in [0.1, 0.15) is 18.1 Å². The van der Waals surface area contributed by atoms with E-state index < -0.39 is 5.60 Å². The lowest BCUT2D eigenvalue weighted by Gasteiger charge is -2.20. The van der Waals surface area contributed by atoms with Crippen molar-refractivity contribution in [3.63, 3.8) is 0 Å². The van der Waals surface area contributed by atoms with Gasteiger partial charge in [0.15, 0.2) is 0 Å². The Labute approximate surface area is 108 Å². The van der Waals surface area contributed by atoms with Crippen LogP contribution in [0.15, 0.2) is 18.2 Å². The smallest absolute Gasteiger partial charge is 0.0972 e. The molecule has 0 radical (unpaired) electrons. The van der Waals surface area contributed by atoms with Gasteiger partial charge in [0.25, 0.3) is 0 Å². The average molecular weight is 250 g/mol. The molecule has 3 N–H and O–H groups in total. The van der Waals surface area contributed by atoms with E-state index in [-0.39, 0.29) is 6.61 Å². The first-order chi connectivity index (χ1) is 8.52. The van der Waals surface area contributed by atoms with Gasteiger partial charge in [-0.3, -0.25) is 0 Å². The molecule has 0 aliphatic carbocycles. The van der Waals surface area contributed by atoms with Crippen LogP contribution < -0.4 is 10.2 Å². The van der Waals surface area contributed by atoms with Crippen LogP contribution in [0.4, 0.5) is 5.69 Å². The Bertz CT molecular complexity index is 418. The molecule has 1 aliphatic heterocycles. The third-order valence-corrected chi connectivity index (χ3v) is 3.45. The van der Waals surface area contributed by atoms with Gasteiger partial charge in [-0.25, -0.2) is 0 Å². The predicted octanol–water partition coefficient (Wildman–Crippen LogP) is 0.512. The molecule has 0 amide bonds. The van der Waals surface area contributed by atoms with Crippen molar-refractivity contribution in [2.45, 2.75) is 25.5 Å². The van der Waals surface area contributed by atoms with Gasteiger partial charge in [0.1, 0.15) is 0 Å². The van der Waals surface area contributed by atoms with Crippen LogP contribution in [0.5, 0.6) is 0 Å². The summed E-state index contributed by atoms with van der Waals surface area (Å²) in [5, 5.41) is 21.8. The lowest BCUT2D eigenvalue weighted by molar-refractivity contribution is 0.00254. The van der Waals surface area contributed by atoms with Crippen molar-refractivity contribution in [2.75, 3.05) is 31.6 Å². The van der Waals surface area contributed by atoms with Crippen molar-refractivity contribution in [3.05, 3.63) is 29.3 Å². The average Bonchev–Trinajstić information content (AvgIpc) is 2.71. The second kappa shape index (κ2) is 5.26. The Kier molecular flexibility index (Phi) is 3.90. The van der Waals surface area contributed by atoms with Crippen LogP contribution in [-0.2, 0) is 13.0 Å². The normalized spacial score (nSPS) is 17.7. The zero-order chi connectivity index (χ0) is 13.2. The van der Waals surface area contributed by atoms with E-state index in [0.29, 0.717) is 13.1 Å². The Balaban J connectivity index is 1.92. The second-order valence-electron chi connectivity index (χ2n) is 5.39. The third-order valence-electron chi connectivity index (χ3n) is 3.45. The molecular weight excluding hydrogens is 228 g/mol. The van der Waals surface area contributed by atoms with Crippen molar-refractivity contribution in [2.24, 2.45) is 0 Å². The lowest BCUT2D eigenvalue weighted by atomic mass is 10.1. The van der Waals surface area contributed by atoms with E-state index in [9.17, 15) is 5.11 Å². The number of hydrogen-bond donors (Lipinski definition) is 3. The molecule has 1 aromatic rings. The molecule has 0 spiro atoms. The summed E-state index contributed by atoms with van der Waals surface area (Å²) < 4.78 is 0. The second-order valence-corrected chi connectivity index (χ2v) is 5.39. The molecular formula is C14H22N2O2. The summed E-state index contributed by atoms with van der Waals surface area (Å²) in [7, 11) is 2.11. The number of fused-ring (bicyclic) bond motifs is 1. The van der Waals surface area contributed by atoms with Gasteiger partial charge >= 0.3 is 0 Å². The fourth-order valence-corrected chi connectivity index (χ4v) is 2.26. The quantitative estimate of drug-likeness (QED) is 0.713. The summed E-state index contributed by atoms with van der Waals surface area (Å²) in [5.41, 5.74) is 2.89. The third kappa shape index (κ3) is 3.02. The molecule has 1 atom stereocenters. The number of hydrogen-bond acceptors (Lipinski definition) is 4. The number of nitrogens with one attached hydrogen (secondary N) is 1. The molecule has 100 valence electrons. The molecule has 1 heterocycles. The Hall–Kier alpha value is -1.10. The minimum Gasteiger partial charge on any atom is -0.393 e. The number of aliphatic hydroxyl groups excluding tert-OH is 1. The van der Waals surface area contributed by atoms with E-state index in [2.05, 4.69) is 35.5 Å². The first kappa shape index (κ1) is 13.3. The summed E-state index contributed by atoms with van der Waals surface area (Å²) in [6, 6.07) is 6.49. The van der Waals surface area contributed by atoms with Gasteiger partial charge < -0.3 is 20.4 Å². The van der Waals surface area contributed by atoms with Gasteiger partial charge in [-0.2, -0.15) is 0 Å². The van der Waals surface area contributed by atoms with Crippen LogP contribution in [0.25, 0.3) is 0 Å². The first-order valence-corrected chi connectivity index (χ1v) is 6.39. The van der Waals surface area contributed by atoms with E-state index >= 15 is 0 Å². The molecule has 4 nitrogen and oxygen atoms in total. The number of likely N-dealkylation sites (N-methyl/N-ethyl adjacent to an activating group) is 1. The SMILES string of the molecule is CN1CCc2cc(CNCC(C)(O)CO)ccc21. The van der Waals surface area contributed by atoms with E-state index in [1.54, 1.807) is 6.92 Å². The maximum atomic E-state index is 9.67. The summed E-state index contributed by atoms with van der Waals surface area (Å²) in [6.07, 6.45) is 1.11. The van der Waals surface area contributed by atoms with Crippen molar-refractivity contribution >= 4 is 5.69 Å². The van der Waals surface area contributed by atoms with Gasteiger partial charge in [0, 0.05) is 32.4 Å². The Morgan fingerprint density at radius 2 is 2.22 bits per heavy atom. The van der Waals surface area contributed by atoms with Crippen LogP contribution >= 0.6 is 0 Å². The van der Waals surface area contributed by atoms with Crippen LogP contribution in [-0.4, -0.2) is 42.6 Å². The minimum atomic E-state index is -1.04. The highest BCUT2D eigenvalue weighted by Crippen LogP contribution is 2.27. The molecule has 0 aromatic heterocycles. The van der Waals surface area contributed by atoms with E-state index in [1.807, 2.05) is 0 Å². The van der Waals surface area contributed by atoms with Gasteiger partial charge in [-0.1, -0.05) is 12.1 Å². The Morgan fingerprint density at radius 1 is 1.44 bits per heavy atom. The summed E-state index contributed by atoms with van der Waals surface area (Å²) >= 11 is 0. The van der Waals surface area contributed by atoms with Crippen LogP contribution in [0, 0.1) is 0 Å². The molecule has 0 fully saturated rings. The number of nitrogens with zero attached hydrogens (tertiary/aromatic N) is 1. The molecule has 0 saturated carbocycles. The van der Waals surface area contributed by atoms with E-state index in [4.69, 9.17) is 5.11 Å². The summed E-state index contributed by atoms with van der Waals surface area (Å²) in [4.78, 5) is 2.27. The maximum absolute atomic E-state index is 9.67. The van der Waals surface area contributed by atoms with Gasteiger partial charge in [-0.15, -0.1) is 0 Å². The molecule has 18 heavy (non-hydrogen) atoms. The minimum absolute atomic E-state index is 0.227. The summed E-state index contributed by atoms with van der Waals surface area (Å²) in [6.45, 7) is 3.59. The predicted molar refractivity (Wildman–Crippen MR) is 72.8 cm³/mol. The monoisotopic (exact) mass is 250 g/mol. The number of rotatable bonds is 5. The molecule has 1 aromatic carbocycles. The number of aliphatic hydroxyl groups is 2. The zero-order valence-electron chi connectivity index (χ0n) is 11.1. The van der Waals surface area contributed by atoms with Gasteiger partial charge in [0.2, 0.25) is 0 Å². The molecule has 1 aliphatic rings. The van der Waals surface area contributed by atoms with Gasteiger partial charge in [0.05, 0.1) is 12.2 Å². The standard InChI is InChI=1S/C14H22N2O2/c1-14(18,10-17)9-15-8-11-3-4-13-12(7-11)5-6-16(13)2/h3-4,7,15,17-18H,5-6,8-10H2,1-2H3. The Morgan fingerprint density at radius 3 is 2.94 bits per heavy atom. The topological polar surface area (TPSA) is 55.7 Å².